The van der Waals surface area contributed by atoms with Crippen molar-refractivity contribution in [2.75, 3.05) is 0 Å². The molecule has 0 unspecified atom stereocenters. The molecule has 0 aromatic heterocycles. The summed E-state index contributed by atoms with van der Waals surface area (Å²) in [6.45, 7) is 0. The first-order valence-electron chi connectivity index (χ1n) is 3.77. The SMILES string of the molecule is O=[N+]([O-])c1cccc(C(F)(F)F)c1CI. The molecule has 82 valence electrons. The fourth-order valence-corrected chi connectivity index (χ4v) is 1.95. The number of nitrogens with zero attached hydrogens (tertiary/aromatic N) is 1. The summed E-state index contributed by atoms with van der Waals surface area (Å²) in [6.07, 6.45) is -4.55. The van der Waals surface area contributed by atoms with E-state index < -0.39 is 22.4 Å². The molecule has 0 aliphatic heterocycles. The maximum atomic E-state index is 12.5. The van der Waals surface area contributed by atoms with Crippen LogP contribution in [0.4, 0.5) is 18.9 Å². The zero-order chi connectivity index (χ0) is 11.6. The lowest BCUT2D eigenvalue weighted by atomic mass is 10.1. The van der Waals surface area contributed by atoms with Crippen molar-refractivity contribution in [2.24, 2.45) is 0 Å². The number of hydrogen-bond donors (Lipinski definition) is 0. The average Bonchev–Trinajstić information content (AvgIpc) is 2.15. The predicted octanol–water partition coefficient (Wildman–Crippen LogP) is 3.55. The summed E-state index contributed by atoms with van der Waals surface area (Å²) in [5.74, 6) is 0. The van der Waals surface area contributed by atoms with Gasteiger partial charge in [0.2, 0.25) is 0 Å². The normalized spacial score (nSPS) is 11.5. The third-order valence-corrected chi connectivity index (χ3v) is 2.55. The van der Waals surface area contributed by atoms with Gasteiger partial charge in [0.25, 0.3) is 5.69 Å². The van der Waals surface area contributed by atoms with Gasteiger partial charge in [0.15, 0.2) is 0 Å². The molecule has 1 aromatic carbocycles. The first-order chi connectivity index (χ1) is 6.88. The summed E-state index contributed by atoms with van der Waals surface area (Å²) >= 11 is 1.67. The molecule has 3 nitrogen and oxygen atoms in total. The van der Waals surface area contributed by atoms with Gasteiger partial charge < -0.3 is 0 Å². The van der Waals surface area contributed by atoms with Crippen LogP contribution in [0.3, 0.4) is 0 Å². The highest BCUT2D eigenvalue weighted by Gasteiger charge is 2.35. The molecule has 0 amide bonds. The molecule has 15 heavy (non-hydrogen) atoms. The van der Waals surface area contributed by atoms with Gasteiger partial charge >= 0.3 is 6.18 Å². The van der Waals surface area contributed by atoms with E-state index in [1.807, 2.05) is 0 Å². The van der Waals surface area contributed by atoms with Gasteiger partial charge in [-0.15, -0.1) is 0 Å². The second kappa shape index (κ2) is 4.33. The molecule has 0 radical (unpaired) electrons. The Kier molecular flexibility index (Phi) is 3.53. The van der Waals surface area contributed by atoms with Crippen LogP contribution in [-0.2, 0) is 10.6 Å². The van der Waals surface area contributed by atoms with Crippen molar-refractivity contribution in [2.45, 2.75) is 10.6 Å². The van der Waals surface area contributed by atoms with Gasteiger partial charge in [0, 0.05) is 10.5 Å². The Bertz CT molecular complexity index is 392. The Hall–Kier alpha value is -0.860. The van der Waals surface area contributed by atoms with Crippen LogP contribution in [0.1, 0.15) is 11.1 Å². The maximum Gasteiger partial charge on any atom is 0.416 e. The van der Waals surface area contributed by atoms with Crippen LogP contribution < -0.4 is 0 Å². The van der Waals surface area contributed by atoms with Gasteiger partial charge in [-0.05, 0) is 6.07 Å². The van der Waals surface area contributed by atoms with E-state index in [1.54, 1.807) is 22.6 Å². The summed E-state index contributed by atoms with van der Waals surface area (Å²) in [5, 5.41) is 10.5. The summed E-state index contributed by atoms with van der Waals surface area (Å²) in [7, 11) is 0. The molecule has 0 saturated carbocycles. The van der Waals surface area contributed by atoms with Gasteiger partial charge in [0.1, 0.15) is 0 Å². The van der Waals surface area contributed by atoms with Gasteiger partial charge in [-0.2, -0.15) is 13.2 Å². The average molecular weight is 331 g/mol. The quantitative estimate of drug-likeness (QED) is 0.360. The summed E-state index contributed by atoms with van der Waals surface area (Å²) < 4.78 is 37.3. The number of nitro benzene ring substituents is 1. The lowest BCUT2D eigenvalue weighted by Crippen LogP contribution is -2.10. The van der Waals surface area contributed by atoms with Crippen molar-refractivity contribution in [3.8, 4) is 0 Å². The Balaban J connectivity index is 3.42. The third kappa shape index (κ3) is 2.58. The largest absolute Gasteiger partial charge is 0.416 e. The number of hydrogen-bond acceptors (Lipinski definition) is 2. The van der Waals surface area contributed by atoms with E-state index in [2.05, 4.69) is 0 Å². The van der Waals surface area contributed by atoms with Gasteiger partial charge in [-0.25, -0.2) is 0 Å². The smallest absolute Gasteiger partial charge is 0.258 e. The minimum Gasteiger partial charge on any atom is -0.258 e. The van der Waals surface area contributed by atoms with E-state index in [0.717, 1.165) is 18.2 Å². The van der Waals surface area contributed by atoms with Gasteiger partial charge in [-0.3, -0.25) is 10.1 Å². The number of alkyl halides is 4. The van der Waals surface area contributed by atoms with Crippen LogP contribution in [-0.4, -0.2) is 4.92 Å². The Morgan fingerprint density at radius 2 is 2.00 bits per heavy atom. The zero-order valence-corrected chi connectivity index (χ0v) is 9.37. The van der Waals surface area contributed by atoms with Crippen molar-refractivity contribution in [1.29, 1.82) is 0 Å². The second-order valence-corrected chi connectivity index (χ2v) is 3.45. The van der Waals surface area contributed by atoms with Crippen LogP contribution in [0, 0.1) is 10.1 Å². The minimum atomic E-state index is -4.55. The molecule has 1 aromatic rings. The standard InChI is InChI=1S/C8H5F3INO2/c9-8(10,11)6-2-1-3-7(13(14)15)5(6)4-12/h1-3H,4H2. The molecule has 0 aliphatic carbocycles. The molecular formula is C8H5F3INO2. The lowest BCUT2D eigenvalue weighted by molar-refractivity contribution is -0.385. The summed E-state index contributed by atoms with van der Waals surface area (Å²) in [6, 6.07) is 2.96. The summed E-state index contributed by atoms with van der Waals surface area (Å²) in [5.41, 5.74) is -1.71. The van der Waals surface area contributed by atoms with Crippen LogP contribution in [0.25, 0.3) is 0 Å². The number of nitro groups is 1. The molecule has 0 atom stereocenters. The summed E-state index contributed by atoms with van der Waals surface area (Å²) in [4.78, 5) is 9.69. The molecule has 0 saturated heterocycles. The van der Waals surface area contributed by atoms with Crippen molar-refractivity contribution >= 4 is 28.3 Å². The Morgan fingerprint density at radius 1 is 1.40 bits per heavy atom. The molecule has 0 aliphatic rings. The molecule has 7 heteroatoms. The van der Waals surface area contributed by atoms with E-state index in [1.165, 1.54) is 0 Å². The molecule has 0 fully saturated rings. The third-order valence-electron chi connectivity index (χ3n) is 1.79. The fourth-order valence-electron chi connectivity index (χ4n) is 1.15. The number of rotatable bonds is 2. The van der Waals surface area contributed by atoms with E-state index in [-0.39, 0.29) is 9.99 Å². The highest BCUT2D eigenvalue weighted by molar-refractivity contribution is 14.1. The zero-order valence-electron chi connectivity index (χ0n) is 7.21. The van der Waals surface area contributed by atoms with Crippen LogP contribution >= 0.6 is 22.6 Å². The maximum absolute atomic E-state index is 12.5. The van der Waals surface area contributed by atoms with Crippen molar-refractivity contribution in [3.05, 3.63) is 39.4 Å². The lowest BCUT2D eigenvalue weighted by Gasteiger charge is -2.10. The Labute approximate surface area is 96.6 Å². The first kappa shape index (κ1) is 12.2. The predicted molar refractivity (Wildman–Crippen MR) is 55.8 cm³/mol. The number of halogens is 4. The van der Waals surface area contributed by atoms with Crippen molar-refractivity contribution in [3.63, 3.8) is 0 Å². The Morgan fingerprint density at radius 3 is 2.40 bits per heavy atom. The molecule has 0 spiro atoms. The second-order valence-electron chi connectivity index (χ2n) is 2.69. The van der Waals surface area contributed by atoms with Crippen molar-refractivity contribution in [1.82, 2.24) is 0 Å². The van der Waals surface area contributed by atoms with Crippen LogP contribution in [0.5, 0.6) is 0 Å². The molecule has 0 bridgehead atoms. The van der Waals surface area contributed by atoms with E-state index in [0.29, 0.717) is 0 Å². The molecular weight excluding hydrogens is 326 g/mol. The molecule has 0 heterocycles. The van der Waals surface area contributed by atoms with Gasteiger partial charge in [0.05, 0.1) is 16.1 Å². The number of benzene rings is 1. The highest BCUT2D eigenvalue weighted by Crippen LogP contribution is 2.36. The fraction of sp³-hybridized carbons (Fsp3) is 0.250. The van der Waals surface area contributed by atoms with E-state index in [4.69, 9.17) is 0 Å². The molecule has 0 N–H and O–H groups in total. The highest BCUT2D eigenvalue weighted by atomic mass is 127. The van der Waals surface area contributed by atoms with Crippen molar-refractivity contribution < 1.29 is 18.1 Å². The minimum absolute atomic E-state index is 0.0518. The molecule has 1 rings (SSSR count). The van der Waals surface area contributed by atoms with Gasteiger partial charge in [-0.1, -0.05) is 28.7 Å². The first-order valence-corrected chi connectivity index (χ1v) is 5.30. The van der Waals surface area contributed by atoms with Crippen LogP contribution in [0.15, 0.2) is 18.2 Å². The van der Waals surface area contributed by atoms with Crippen LogP contribution in [0.2, 0.25) is 0 Å². The topological polar surface area (TPSA) is 43.1 Å². The van der Waals surface area contributed by atoms with E-state index in [9.17, 15) is 23.3 Å². The monoisotopic (exact) mass is 331 g/mol. The van der Waals surface area contributed by atoms with E-state index >= 15 is 0 Å².